The Hall–Kier alpha value is -1.92. The molecule has 4 atom stereocenters. The molecule has 1 aromatic carbocycles. The van der Waals surface area contributed by atoms with Crippen molar-refractivity contribution < 1.29 is 9.53 Å². The van der Waals surface area contributed by atoms with Gasteiger partial charge in [0.05, 0.1) is 18.7 Å². The summed E-state index contributed by atoms with van der Waals surface area (Å²) in [5.74, 6) is 1.69. The summed E-state index contributed by atoms with van der Waals surface area (Å²) >= 11 is 1.43. The van der Waals surface area contributed by atoms with Crippen molar-refractivity contribution in [2.75, 3.05) is 12.4 Å². The number of carbonyl (C=O) groups is 1. The van der Waals surface area contributed by atoms with E-state index in [1.54, 1.807) is 7.11 Å². The second kappa shape index (κ2) is 6.18. The maximum Gasteiger partial charge on any atom is 0.231 e. The molecule has 0 saturated heterocycles. The molecule has 126 valence electrons. The number of anilines is 1. The van der Waals surface area contributed by atoms with Crippen LogP contribution in [0.25, 0.3) is 11.3 Å². The number of nitrogens with zero attached hydrogens (tertiary/aromatic N) is 1. The lowest BCUT2D eigenvalue weighted by atomic mass is 9.84. The minimum absolute atomic E-state index is 0.00241. The number of fused-ring (bicyclic) bond motifs is 2. The summed E-state index contributed by atoms with van der Waals surface area (Å²) < 4.78 is 5.38. The average molecular weight is 343 g/mol. The van der Waals surface area contributed by atoms with Crippen LogP contribution >= 0.6 is 11.3 Å². The van der Waals surface area contributed by atoms with Crippen molar-refractivity contribution in [1.82, 2.24) is 4.98 Å². The molecule has 2 aromatic rings. The first kappa shape index (κ1) is 15.6. The van der Waals surface area contributed by atoms with Crippen LogP contribution in [-0.2, 0) is 4.79 Å². The second-order valence-corrected chi connectivity index (χ2v) is 7.52. The van der Waals surface area contributed by atoms with E-state index in [0.29, 0.717) is 17.0 Å². The van der Waals surface area contributed by atoms with E-state index in [9.17, 15) is 4.79 Å². The average Bonchev–Trinajstić information content (AvgIpc) is 3.30. The predicted octanol–water partition coefficient (Wildman–Crippen LogP) is 3.13. The Morgan fingerprint density at radius 1 is 1.33 bits per heavy atom. The van der Waals surface area contributed by atoms with E-state index < -0.39 is 0 Å². The molecule has 3 N–H and O–H groups in total. The van der Waals surface area contributed by atoms with Crippen molar-refractivity contribution in [2.45, 2.75) is 25.3 Å². The highest BCUT2D eigenvalue weighted by molar-refractivity contribution is 7.14. The van der Waals surface area contributed by atoms with E-state index in [2.05, 4.69) is 10.3 Å². The molecule has 2 aliphatic carbocycles. The van der Waals surface area contributed by atoms with Gasteiger partial charge in [-0.05, 0) is 43.2 Å². The van der Waals surface area contributed by atoms with Crippen molar-refractivity contribution in [3.05, 3.63) is 29.6 Å². The molecular weight excluding hydrogens is 322 g/mol. The van der Waals surface area contributed by atoms with Crippen LogP contribution in [-0.4, -0.2) is 24.0 Å². The Morgan fingerprint density at radius 3 is 2.88 bits per heavy atom. The normalized spacial score (nSPS) is 28.1. The monoisotopic (exact) mass is 343 g/mol. The van der Waals surface area contributed by atoms with Gasteiger partial charge >= 0.3 is 0 Å². The Kier molecular flexibility index (Phi) is 4.02. The van der Waals surface area contributed by atoms with Gasteiger partial charge in [-0.2, -0.15) is 0 Å². The van der Waals surface area contributed by atoms with Gasteiger partial charge in [0.15, 0.2) is 5.13 Å². The second-order valence-electron chi connectivity index (χ2n) is 6.66. The van der Waals surface area contributed by atoms with E-state index in [1.165, 1.54) is 17.8 Å². The third kappa shape index (κ3) is 2.59. The highest BCUT2D eigenvalue weighted by Gasteiger charge is 2.49. The molecule has 2 aliphatic rings. The Morgan fingerprint density at radius 2 is 2.12 bits per heavy atom. The lowest BCUT2D eigenvalue weighted by molar-refractivity contribution is -0.121. The van der Waals surface area contributed by atoms with Crippen molar-refractivity contribution in [2.24, 2.45) is 23.5 Å². The van der Waals surface area contributed by atoms with Crippen molar-refractivity contribution in [1.29, 1.82) is 0 Å². The van der Waals surface area contributed by atoms with Gasteiger partial charge in [0.1, 0.15) is 5.75 Å². The Labute approximate surface area is 145 Å². The fourth-order valence-corrected chi connectivity index (χ4v) is 4.94. The molecule has 0 aliphatic heterocycles. The highest BCUT2D eigenvalue weighted by atomic mass is 32.1. The number of amides is 1. The van der Waals surface area contributed by atoms with Gasteiger partial charge in [-0.25, -0.2) is 4.98 Å². The summed E-state index contributed by atoms with van der Waals surface area (Å²) in [6, 6.07) is 7.74. The summed E-state index contributed by atoms with van der Waals surface area (Å²) in [4.78, 5) is 17.2. The van der Waals surface area contributed by atoms with Crippen LogP contribution in [0, 0.1) is 17.8 Å². The maximum absolute atomic E-state index is 12.6. The molecule has 2 saturated carbocycles. The summed E-state index contributed by atoms with van der Waals surface area (Å²) in [6.07, 6.45) is 3.40. The van der Waals surface area contributed by atoms with Gasteiger partial charge in [-0.15, -0.1) is 11.3 Å². The van der Waals surface area contributed by atoms with Crippen molar-refractivity contribution in [3.63, 3.8) is 0 Å². The molecule has 6 heteroatoms. The number of para-hydroxylation sites is 1. The first-order valence-corrected chi connectivity index (χ1v) is 9.20. The lowest BCUT2D eigenvalue weighted by Crippen LogP contribution is -2.42. The number of hydrogen-bond donors (Lipinski definition) is 2. The zero-order chi connectivity index (χ0) is 16.7. The Bertz CT molecular complexity index is 758. The molecule has 0 spiro atoms. The number of thiazole rings is 1. The topological polar surface area (TPSA) is 77.2 Å². The minimum Gasteiger partial charge on any atom is -0.496 e. The zero-order valence-corrected chi connectivity index (χ0v) is 14.4. The third-order valence-electron chi connectivity index (χ3n) is 5.40. The van der Waals surface area contributed by atoms with Crippen molar-refractivity contribution >= 4 is 22.4 Å². The first-order chi connectivity index (χ1) is 11.7. The molecule has 1 amide bonds. The van der Waals surface area contributed by atoms with Gasteiger partial charge in [0.2, 0.25) is 5.91 Å². The number of hydrogen-bond acceptors (Lipinski definition) is 5. The molecule has 2 fully saturated rings. The molecule has 1 aromatic heterocycles. The van der Waals surface area contributed by atoms with Gasteiger partial charge in [-0.3, -0.25) is 4.79 Å². The molecule has 5 nitrogen and oxygen atoms in total. The smallest absolute Gasteiger partial charge is 0.231 e. The van der Waals surface area contributed by atoms with Crippen molar-refractivity contribution in [3.8, 4) is 17.0 Å². The summed E-state index contributed by atoms with van der Waals surface area (Å²) in [6.45, 7) is 0. The number of ether oxygens (including phenoxy) is 1. The van der Waals surface area contributed by atoms with Gasteiger partial charge in [0, 0.05) is 17.0 Å². The number of carbonyl (C=O) groups excluding carboxylic acids is 1. The molecule has 0 radical (unpaired) electrons. The maximum atomic E-state index is 12.6. The number of benzene rings is 1. The Balaban J connectivity index is 1.50. The van der Waals surface area contributed by atoms with E-state index in [1.807, 2.05) is 29.6 Å². The quantitative estimate of drug-likeness (QED) is 0.894. The van der Waals surface area contributed by atoms with Crippen LogP contribution in [0.3, 0.4) is 0 Å². The summed E-state index contributed by atoms with van der Waals surface area (Å²) in [5, 5.41) is 5.53. The zero-order valence-electron chi connectivity index (χ0n) is 13.6. The molecule has 2 bridgehead atoms. The third-order valence-corrected chi connectivity index (χ3v) is 6.16. The number of aromatic nitrogens is 1. The highest BCUT2D eigenvalue weighted by Crippen LogP contribution is 2.48. The number of rotatable bonds is 4. The van der Waals surface area contributed by atoms with Crippen LogP contribution in [0.2, 0.25) is 0 Å². The molecule has 24 heavy (non-hydrogen) atoms. The minimum atomic E-state index is -0.0673. The molecule has 4 unspecified atom stereocenters. The fourth-order valence-electron chi connectivity index (χ4n) is 4.22. The lowest BCUT2D eigenvalue weighted by Gasteiger charge is -2.26. The number of nitrogens with two attached hydrogens (primary N) is 1. The summed E-state index contributed by atoms with van der Waals surface area (Å²) in [7, 11) is 1.64. The van der Waals surface area contributed by atoms with E-state index in [0.717, 1.165) is 29.8 Å². The van der Waals surface area contributed by atoms with E-state index >= 15 is 0 Å². The van der Waals surface area contributed by atoms with Gasteiger partial charge in [0.25, 0.3) is 0 Å². The fraction of sp³-hybridized carbons (Fsp3) is 0.444. The molecule has 4 rings (SSSR count). The SMILES string of the molecule is COc1ccccc1-c1csc(NC(=O)C2C3CCC(C3)C2N)n1. The number of nitrogens with one attached hydrogen (secondary N) is 1. The van der Waals surface area contributed by atoms with Crippen LogP contribution in [0.1, 0.15) is 19.3 Å². The van der Waals surface area contributed by atoms with Crippen LogP contribution in [0.4, 0.5) is 5.13 Å². The van der Waals surface area contributed by atoms with Crippen LogP contribution in [0.15, 0.2) is 29.6 Å². The van der Waals surface area contributed by atoms with Crippen LogP contribution in [0.5, 0.6) is 5.75 Å². The van der Waals surface area contributed by atoms with E-state index in [-0.39, 0.29) is 17.9 Å². The molecular formula is C18H21N3O2S. The number of methoxy groups -OCH3 is 1. The summed E-state index contributed by atoms with van der Waals surface area (Å²) in [5.41, 5.74) is 7.99. The van der Waals surface area contributed by atoms with Gasteiger partial charge < -0.3 is 15.8 Å². The standard InChI is InChI=1S/C18H21N3O2S/c1-23-14-5-3-2-4-12(14)13-9-24-18(20-13)21-17(22)15-10-6-7-11(8-10)16(15)19/h2-5,9-11,15-16H,6-8,19H2,1H3,(H,20,21,22). The van der Waals surface area contributed by atoms with Gasteiger partial charge in [-0.1, -0.05) is 12.1 Å². The molecule has 1 heterocycles. The van der Waals surface area contributed by atoms with E-state index in [4.69, 9.17) is 10.5 Å². The predicted molar refractivity (Wildman–Crippen MR) is 95.0 cm³/mol. The van der Waals surface area contributed by atoms with Crippen LogP contribution < -0.4 is 15.8 Å². The largest absolute Gasteiger partial charge is 0.496 e. The first-order valence-electron chi connectivity index (χ1n) is 8.32.